The van der Waals surface area contributed by atoms with E-state index < -0.39 is 6.04 Å². The van der Waals surface area contributed by atoms with Crippen LogP contribution < -0.4 is 10.2 Å². The van der Waals surface area contributed by atoms with Crippen LogP contribution in [0.15, 0.2) is 95.3 Å². The predicted octanol–water partition coefficient (Wildman–Crippen LogP) is 7.31. The Hall–Kier alpha value is -3.96. The molecule has 0 amide bonds. The van der Waals surface area contributed by atoms with Crippen molar-refractivity contribution in [1.29, 1.82) is 0 Å². The van der Waals surface area contributed by atoms with Gasteiger partial charge in [0.1, 0.15) is 0 Å². The van der Waals surface area contributed by atoms with E-state index in [1.165, 1.54) is 0 Å². The first-order valence-corrected chi connectivity index (χ1v) is 13.1. The number of rotatable bonds is 2. The van der Waals surface area contributed by atoms with Crippen LogP contribution in [-0.4, -0.2) is 17.3 Å². The van der Waals surface area contributed by atoms with Crippen molar-refractivity contribution in [2.75, 3.05) is 10.2 Å². The minimum absolute atomic E-state index is 0.0478. The molecule has 1 aliphatic heterocycles. The zero-order chi connectivity index (χ0) is 26.8. The Morgan fingerprint density at radius 2 is 1.47 bits per heavy atom. The second-order valence-electron chi connectivity index (χ2n) is 11.0. The van der Waals surface area contributed by atoms with Crippen LogP contribution in [0.1, 0.15) is 65.9 Å². The third-order valence-corrected chi connectivity index (χ3v) is 7.93. The van der Waals surface area contributed by atoms with Gasteiger partial charge in [-0.3, -0.25) is 14.4 Å². The number of hydrogen-bond donors (Lipinski definition) is 1. The van der Waals surface area contributed by atoms with Gasteiger partial charge in [0.25, 0.3) is 0 Å². The average molecular weight is 523 g/mol. The van der Waals surface area contributed by atoms with Crippen molar-refractivity contribution in [1.82, 2.24) is 0 Å². The number of para-hydroxylation sites is 2. The Morgan fingerprint density at radius 1 is 0.868 bits per heavy atom. The third kappa shape index (κ3) is 3.81. The summed E-state index contributed by atoms with van der Waals surface area (Å²) >= 11 is 6.26. The lowest BCUT2D eigenvalue weighted by molar-refractivity contribution is -0.118. The molecule has 0 saturated carbocycles. The van der Waals surface area contributed by atoms with Crippen molar-refractivity contribution < 1.29 is 14.4 Å². The van der Waals surface area contributed by atoms with Crippen LogP contribution in [0.4, 0.5) is 11.4 Å². The summed E-state index contributed by atoms with van der Waals surface area (Å²) in [4.78, 5) is 43.1. The number of benzene rings is 3. The van der Waals surface area contributed by atoms with Gasteiger partial charge < -0.3 is 10.2 Å². The van der Waals surface area contributed by atoms with E-state index in [2.05, 4.69) is 19.2 Å². The molecule has 1 N–H and O–H groups in total. The molecular formula is C32H27ClN2O3. The lowest BCUT2D eigenvalue weighted by Crippen LogP contribution is -2.36. The fourth-order valence-electron chi connectivity index (χ4n) is 6.02. The van der Waals surface area contributed by atoms with Crippen LogP contribution in [-0.2, 0) is 4.79 Å². The van der Waals surface area contributed by atoms with Crippen LogP contribution in [0.2, 0.25) is 5.02 Å². The summed E-state index contributed by atoms with van der Waals surface area (Å²) in [5.74, 6) is -0.539. The maximum Gasteiger partial charge on any atom is 0.199 e. The molecule has 3 aromatic rings. The second-order valence-corrected chi connectivity index (χ2v) is 11.4. The first kappa shape index (κ1) is 24.4. The maximum absolute atomic E-state index is 13.9. The number of nitrogens with one attached hydrogen (secondary N) is 1. The molecule has 6 heteroatoms. The molecule has 38 heavy (non-hydrogen) atoms. The van der Waals surface area contributed by atoms with Crippen molar-refractivity contribution in [2.45, 2.75) is 39.7 Å². The normalized spacial score (nSPS) is 20.0. The summed E-state index contributed by atoms with van der Waals surface area (Å²) in [5.41, 5.74) is 5.23. The molecule has 0 spiro atoms. The Bertz CT molecular complexity index is 1560. The lowest BCUT2D eigenvalue weighted by Gasteiger charge is -2.38. The number of carbonyl (C=O) groups excluding carboxylic acids is 3. The molecule has 6 rings (SSSR count). The Kier molecular flexibility index (Phi) is 5.65. The highest BCUT2D eigenvalue weighted by Crippen LogP contribution is 2.50. The number of anilines is 2. The van der Waals surface area contributed by atoms with Crippen LogP contribution >= 0.6 is 11.6 Å². The molecule has 0 radical (unpaired) electrons. The van der Waals surface area contributed by atoms with Crippen molar-refractivity contribution in [3.8, 4) is 0 Å². The molecule has 2 aliphatic carbocycles. The minimum Gasteiger partial charge on any atom is -0.357 e. The molecule has 5 nitrogen and oxygen atoms in total. The van der Waals surface area contributed by atoms with E-state index >= 15 is 0 Å². The van der Waals surface area contributed by atoms with Gasteiger partial charge in [-0.15, -0.1) is 0 Å². The minimum atomic E-state index is -0.557. The quantitative estimate of drug-likeness (QED) is 0.282. The zero-order valence-electron chi connectivity index (χ0n) is 21.5. The van der Waals surface area contributed by atoms with Crippen molar-refractivity contribution in [3.63, 3.8) is 0 Å². The summed E-state index contributed by atoms with van der Waals surface area (Å²) in [6.45, 7) is 6.00. The first-order chi connectivity index (χ1) is 18.2. The summed E-state index contributed by atoms with van der Waals surface area (Å²) in [6.07, 6.45) is 1.10. The molecule has 0 bridgehead atoms. The van der Waals surface area contributed by atoms with E-state index in [4.69, 9.17) is 11.6 Å². The number of fused-ring (bicyclic) bond motifs is 2. The van der Waals surface area contributed by atoms with Crippen LogP contribution in [0, 0.1) is 5.41 Å². The van der Waals surface area contributed by atoms with Gasteiger partial charge in [-0.25, -0.2) is 0 Å². The summed E-state index contributed by atoms with van der Waals surface area (Å²) in [7, 11) is 0. The predicted molar refractivity (Wildman–Crippen MR) is 150 cm³/mol. The molecule has 3 aliphatic rings. The van der Waals surface area contributed by atoms with E-state index in [9.17, 15) is 14.4 Å². The molecule has 0 fully saturated rings. The zero-order valence-corrected chi connectivity index (χ0v) is 22.2. The van der Waals surface area contributed by atoms with Crippen molar-refractivity contribution in [3.05, 3.63) is 117 Å². The fourth-order valence-corrected chi connectivity index (χ4v) is 6.15. The number of ketones is 3. The number of nitrogens with zero attached hydrogens (tertiary/aromatic N) is 1. The first-order valence-electron chi connectivity index (χ1n) is 12.7. The third-order valence-electron chi connectivity index (χ3n) is 7.68. The summed E-state index contributed by atoms with van der Waals surface area (Å²) in [6, 6.07) is 21.6. The Morgan fingerprint density at radius 3 is 2.13 bits per heavy atom. The van der Waals surface area contributed by atoms with Gasteiger partial charge in [0, 0.05) is 39.5 Å². The Labute approximate surface area is 226 Å². The number of hydrogen-bond acceptors (Lipinski definition) is 5. The highest BCUT2D eigenvalue weighted by atomic mass is 35.5. The molecule has 1 atom stereocenters. The average Bonchev–Trinajstić information content (AvgIpc) is 3.04. The highest BCUT2D eigenvalue weighted by Gasteiger charge is 2.44. The number of carbonyl (C=O) groups is 3. The molecule has 190 valence electrons. The molecular weight excluding hydrogens is 496 g/mol. The van der Waals surface area contributed by atoms with Gasteiger partial charge in [-0.1, -0.05) is 74.0 Å². The van der Waals surface area contributed by atoms with Gasteiger partial charge in [0.2, 0.25) is 0 Å². The van der Waals surface area contributed by atoms with Crippen LogP contribution in [0.3, 0.4) is 0 Å². The standard InChI is InChI=1S/C32H27ClN2O3/c1-18(27-30(37)21-8-4-5-9-22(21)31(27)38)35-25-11-7-6-10-23(25)34-24-16-32(2,3)17-26(36)28(24)29(35)19-12-14-20(33)15-13-19/h4-15,29,34H,16-17H2,1-3H3/t29-/m0/s1. The SMILES string of the molecule is CC(=C1C(=O)c2ccccc2C1=O)N1c2ccccc2NC2=C(C(=O)CC(C)(C)C2)[C@@H]1c1ccc(Cl)cc1. The number of halogens is 1. The molecule has 0 unspecified atom stereocenters. The second kappa shape index (κ2) is 8.81. The smallest absolute Gasteiger partial charge is 0.199 e. The van der Waals surface area contributed by atoms with Gasteiger partial charge in [0.15, 0.2) is 17.3 Å². The van der Waals surface area contributed by atoms with Gasteiger partial charge in [-0.05, 0) is 48.6 Å². The highest BCUT2D eigenvalue weighted by molar-refractivity contribution is 6.40. The van der Waals surface area contributed by atoms with Gasteiger partial charge in [0.05, 0.1) is 23.0 Å². The van der Waals surface area contributed by atoms with Gasteiger partial charge in [-0.2, -0.15) is 0 Å². The van der Waals surface area contributed by atoms with Gasteiger partial charge >= 0.3 is 0 Å². The molecule has 3 aromatic carbocycles. The van der Waals surface area contributed by atoms with E-state index in [0.717, 1.165) is 22.6 Å². The van der Waals surface area contributed by atoms with E-state index in [-0.39, 0.29) is 28.3 Å². The van der Waals surface area contributed by atoms with Crippen molar-refractivity contribution >= 4 is 40.3 Å². The summed E-state index contributed by atoms with van der Waals surface area (Å²) < 4.78 is 0. The maximum atomic E-state index is 13.9. The summed E-state index contributed by atoms with van der Waals surface area (Å²) in [5, 5.41) is 4.16. The molecule has 0 aromatic heterocycles. The fraction of sp³-hybridized carbons (Fsp3) is 0.219. The molecule has 1 heterocycles. The van der Waals surface area contributed by atoms with E-state index in [0.29, 0.717) is 40.3 Å². The monoisotopic (exact) mass is 522 g/mol. The van der Waals surface area contributed by atoms with Crippen LogP contribution in [0.5, 0.6) is 0 Å². The topological polar surface area (TPSA) is 66.5 Å². The van der Waals surface area contributed by atoms with E-state index in [1.54, 1.807) is 43.3 Å². The van der Waals surface area contributed by atoms with E-state index in [1.807, 2.05) is 41.3 Å². The number of Topliss-reactive ketones (excluding diaryl/α,β-unsaturated/α-hetero) is 3. The largest absolute Gasteiger partial charge is 0.357 e. The number of allylic oxidation sites excluding steroid dienone is 3. The Balaban J connectivity index is 1.65. The van der Waals surface area contributed by atoms with Crippen LogP contribution in [0.25, 0.3) is 0 Å². The lowest BCUT2D eigenvalue weighted by atomic mass is 9.73. The van der Waals surface area contributed by atoms with Crippen molar-refractivity contribution in [2.24, 2.45) is 5.41 Å². The molecule has 0 saturated heterocycles.